The fourth-order valence-electron chi connectivity index (χ4n) is 1.59. The van der Waals surface area contributed by atoms with Crippen LogP contribution in [0.1, 0.15) is 38.8 Å². The fraction of sp³-hybridized carbons (Fsp3) is 0.500. The Hall–Kier alpha value is -0.0500. The summed E-state index contributed by atoms with van der Waals surface area (Å²) in [6.45, 7) is 9.04. The van der Waals surface area contributed by atoms with E-state index in [-0.39, 0.29) is 5.41 Å². The first-order chi connectivity index (χ1) is 5.95. The monoisotopic (exact) mass is 288 g/mol. The summed E-state index contributed by atoms with van der Waals surface area (Å²) >= 11 is 2.37. The molecule has 0 aliphatic rings. The normalized spacial score (nSPS) is 11.8. The van der Waals surface area contributed by atoms with Crippen molar-refractivity contribution in [2.24, 2.45) is 0 Å². The van der Waals surface area contributed by atoms with Gasteiger partial charge in [-0.05, 0) is 57.7 Å². The highest BCUT2D eigenvalue weighted by atomic mass is 127. The highest BCUT2D eigenvalue weighted by Crippen LogP contribution is 2.27. The molecule has 0 nitrogen and oxygen atoms in total. The smallest absolute Gasteiger partial charge is 0.0133 e. The van der Waals surface area contributed by atoms with Crippen LogP contribution in [0.2, 0.25) is 0 Å². The standard InChI is InChI=1S/C12H17I/c1-5-9-8-10(13)6-7-11(9)12(2,3)4/h6-8H,5H2,1-4H3. The van der Waals surface area contributed by atoms with Crippen LogP contribution in [0, 0.1) is 3.57 Å². The molecule has 0 spiro atoms. The summed E-state index contributed by atoms with van der Waals surface area (Å²) in [5, 5.41) is 0. The zero-order chi connectivity index (χ0) is 10.1. The third-order valence-electron chi connectivity index (χ3n) is 2.26. The van der Waals surface area contributed by atoms with E-state index in [0.717, 1.165) is 6.42 Å². The van der Waals surface area contributed by atoms with Crippen LogP contribution in [0.5, 0.6) is 0 Å². The lowest BCUT2D eigenvalue weighted by molar-refractivity contribution is 0.583. The maximum absolute atomic E-state index is 2.37. The molecule has 0 heterocycles. The molecule has 1 rings (SSSR count). The predicted octanol–water partition coefficient (Wildman–Crippen LogP) is 4.15. The summed E-state index contributed by atoms with van der Waals surface area (Å²) in [6, 6.07) is 6.75. The van der Waals surface area contributed by atoms with Gasteiger partial charge in [-0.25, -0.2) is 0 Å². The predicted molar refractivity (Wildman–Crippen MR) is 67.2 cm³/mol. The molecule has 0 aliphatic carbocycles. The van der Waals surface area contributed by atoms with E-state index in [9.17, 15) is 0 Å². The van der Waals surface area contributed by atoms with Crippen molar-refractivity contribution in [3.8, 4) is 0 Å². The molecule has 0 fully saturated rings. The van der Waals surface area contributed by atoms with Gasteiger partial charge in [-0.2, -0.15) is 0 Å². The Kier molecular flexibility index (Phi) is 3.38. The van der Waals surface area contributed by atoms with Crippen molar-refractivity contribution >= 4 is 22.6 Å². The molecule has 1 aromatic carbocycles. The van der Waals surface area contributed by atoms with Crippen molar-refractivity contribution in [3.63, 3.8) is 0 Å². The number of halogens is 1. The summed E-state index contributed by atoms with van der Waals surface area (Å²) in [6.07, 6.45) is 1.13. The van der Waals surface area contributed by atoms with Gasteiger partial charge in [-0.15, -0.1) is 0 Å². The molecular formula is C12H17I. The first-order valence-corrected chi connectivity index (χ1v) is 5.82. The minimum Gasteiger partial charge on any atom is -0.0613 e. The first-order valence-electron chi connectivity index (χ1n) is 4.74. The zero-order valence-electron chi connectivity index (χ0n) is 8.82. The van der Waals surface area contributed by atoms with Crippen LogP contribution < -0.4 is 0 Å². The lowest BCUT2D eigenvalue weighted by Gasteiger charge is -2.22. The van der Waals surface area contributed by atoms with Gasteiger partial charge in [0.05, 0.1) is 0 Å². The first kappa shape index (κ1) is 11.0. The van der Waals surface area contributed by atoms with Crippen LogP contribution >= 0.6 is 22.6 Å². The van der Waals surface area contributed by atoms with Crippen LogP contribution in [0.4, 0.5) is 0 Å². The van der Waals surface area contributed by atoms with Crippen LogP contribution in [-0.2, 0) is 11.8 Å². The largest absolute Gasteiger partial charge is 0.0613 e. The van der Waals surface area contributed by atoms with Crippen molar-refractivity contribution in [2.75, 3.05) is 0 Å². The highest BCUT2D eigenvalue weighted by Gasteiger charge is 2.16. The molecule has 0 bridgehead atoms. The summed E-state index contributed by atoms with van der Waals surface area (Å²) in [4.78, 5) is 0. The summed E-state index contributed by atoms with van der Waals surface area (Å²) in [5.74, 6) is 0. The lowest BCUT2D eigenvalue weighted by Crippen LogP contribution is -2.14. The van der Waals surface area contributed by atoms with E-state index in [1.54, 1.807) is 0 Å². The van der Waals surface area contributed by atoms with Gasteiger partial charge in [0, 0.05) is 3.57 Å². The van der Waals surface area contributed by atoms with Gasteiger partial charge in [0.15, 0.2) is 0 Å². The average molecular weight is 288 g/mol. The molecule has 1 heteroatoms. The second-order valence-corrected chi connectivity index (χ2v) is 5.65. The van der Waals surface area contributed by atoms with Gasteiger partial charge < -0.3 is 0 Å². The molecule has 0 aliphatic heterocycles. The Balaban J connectivity index is 3.22. The van der Waals surface area contributed by atoms with Gasteiger partial charge in [0.2, 0.25) is 0 Å². The molecule has 0 saturated carbocycles. The van der Waals surface area contributed by atoms with E-state index in [0.29, 0.717) is 0 Å². The molecule has 0 aromatic heterocycles. The average Bonchev–Trinajstić information content (AvgIpc) is 2.01. The summed E-state index contributed by atoms with van der Waals surface area (Å²) in [7, 11) is 0. The number of hydrogen-bond donors (Lipinski definition) is 0. The SMILES string of the molecule is CCc1cc(I)ccc1C(C)(C)C. The van der Waals surface area contributed by atoms with Gasteiger partial charge in [-0.3, -0.25) is 0 Å². The molecule has 13 heavy (non-hydrogen) atoms. The number of aryl methyl sites for hydroxylation is 1. The second-order valence-electron chi connectivity index (χ2n) is 4.41. The maximum atomic E-state index is 2.37. The Morgan fingerprint density at radius 3 is 2.31 bits per heavy atom. The van der Waals surface area contributed by atoms with Crippen molar-refractivity contribution in [3.05, 3.63) is 32.9 Å². The Labute approximate surface area is 94.9 Å². The minimum atomic E-state index is 0.273. The quantitative estimate of drug-likeness (QED) is 0.681. The van der Waals surface area contributed by atoms with Gasteiger partial charge in [-0.1, -0.05) is 33.8 Å². The summed E-state index contributed by atoms with van der Waals surface area (Å²) < 4.78 is 1.34. The maximum Gasteiger partial charge on any atom is 0.0133 e. The van der Waals surface area contributed by atoms with Crippen LogP contribution in [0.25, 0.3) is 0 Å². The topological polar surface area (TPSA) is 0 Å². The number of rotatable bonds is 1. The Morgan fingerprint density at radius 1 is 1.23 bits per heavy atom. The molecule has 0 saturated heterocycles. The fourth-order valence-corrected chi connectivity index (χ4v) is 2.14. The van der Waals surface area contributed by atoms with E-state index >= 15 is 0 Å². The van der Waals surface area contributed by atoms with E-state index in [1.165, 1.54) is 14.7 Å². The molecule has 72 valence electrons. The van der Waals surface area contributed by atoms with Crippen molar-refractivity contribution in [2.45, 2.75) is 39.5 Å². The Morgan fingerprint density at radius 2 is 1.85 bits per heavy atom. The molecular weight excluding hydrogens is 271 g/mol. The van der Waals surface area contributed by atoms with E-state index < -0.39 is 0 Å². The molecule has 0 atom stereocenters. The van der Waals surface area contributed by atoms with Crippen molar-refractivity contribution in [1.82, 2.24) is 0 Å². The van der Waals surface area contributed by atoms with Crippen LogP contribution in [0.15, 0.2) is 18.2 Å². The van der Waals surface area contributed by atoms with Gasteiger partial charge in [0.1, 0.15) is 0 Å². The summed E-state index contributed by atoms with van der Waals surface area (Å²) in [5.41, 5.74) is 3.24. The minimum absolute atomic E-state index is 0.273. The molecule has 0 unspecified atom stereocenters. The van der Waals surface area contributed by atoms with Crippen molar-refractivity contribution in [1.29, 1.82) is 0 Å². The lowest BCUT2D eigenvalue weighted by atomic mass is 9.83. The zero-order valence-corrected chi connectivity index (χ0v) is 11.0. The van der Waals surface area contributed by atoms with Crippen LogP contribution in [-0.4, -0.2) is 0 Å². The molecule has 0 radical (unpaired) electrons. The van der Waals surface area contributed by atoms with Crippen molar-refractivity contribution < 1.29 is 0 Å². The van der Waals surface area contributed by atoms with E-state index in [1.807, 2.05) is 0 Å². The van der Waals surface area contributed by atoms with E-state index in [2.05, 4.69) is 68.5 Å². The van der Waals surface area contributed by atoms with Crippen LogP contribution in [0.3, 0.4) is 0 Å². The third kappa shape index (κ3) is 2.70. The molecule has 0 amide bonds. The highest BCUT2D eigenvalue weighted by molar-refractivity contribution is 14.1. The Bertz CT molecular complexity index is 294. The number of benzene rings is 1. The third-order valence-corrected chi connectivity index (χ3v) is 2.93. The van der Waals surface area contributed by atoms with E-state index in [4.69, 9.17) is 0 Å². The van der Waals surface area contributed by atoms with Gasteiger partial charge in [0.25, 0.3) is 0 Å². The van der Waals surface area contributed by atoms with Gasteiger partial charge >= 0.3 is 0 Å². The number of hydrogen-bond acceptors (Lipinski definition) is 0. The molecule has 0 N–H and O–H groups in total. The second kappa shape index (κ2) is 3.99. The molecule has 1 aromatic rings.